The average molecular weight is 1050 g/mol. The number of fused-ring (bicyclic) bond motifs is 1. The van der Waals surface area contributed by atoms with E-state index in [1.54, 1.807) is 24.0 Å². The molecule has 0 atom stereocenters. The van der Waals surface area contributed by atoms with E-state index in [0.29, 0.717) is 49.0 Å². The Labute approximate surface area is 465 Å². The molecule has 2 aliphatic rings. The number of anilines is 6. The first kappa shape index (κ1) is 57.4. The maximum atomic E-state index is 15.4. The van der Waals surface area contributed by atoms with E-state index in [4.69, 9.17) is 18.9 Å². The number of hydrogen-bond donors (Lipinski definition) is 0. The molecule has 6 aromatic carbocycles. The molecule has 6 aromatic rings. The lowest BCUT2D eigenvalue weighted by molar-refractivity contribution is -0.124. The summed E-state index contributed by atoms with van der Waals surface area (Å²) in [5.74, 6) is -0.512. The average Bonchev–Trinajstić information content (AvgIpc) is 4.07. The molecule has 78 heavy (non-hydrogen) atoms. The first-order valence-electron chi connectivity index (χ1n) is 27.5. The summed E-state index contributed by atoms with van der Waals surface area (Å²) < 4.78 is 22.6. The highest BCUT2D eigenvalue weighted by Crippen LogP contribution is 2.48. The zero-order chi connectivity index (χ0) is 56.2. The fourth-order valence-corrected chi connectivity index (χ4v) is 10.1. The number of hydrogen-bond acceptors (Lipinski definition) is 8. The van der Waals surface area contributed by atoms with Crippen molar-refractivity contribution in [2.75, 3.05) is 76.8 Å². The van der Waals surface area contributed by atoms with Gasteiger partial charge in [-0.3, -0.25) is 9.59 Å². The van der Waals surface area contributed by atoms with E-state index in [0.717, 1.165) is 45.3 Å². The zero-order valence-electron chi connectivity index (χ0n) is 48.8. The fourth-order valence-electron chi connectivity index (χ4n) is 10.1. The molecular weight excluding hydrogens is 969 g/mol. The molecule has 0 radical (unpaired) electrons. The molecule has 2 heterocycles. The molecule has 0 aromatic heterocycles. The molecule has 0 aliphatic carbocycles. The monoisotopic (exact) mass is 1050 g/mol. The first-order valence-corrected chi connectivity index (χ1v) is 27.5. The normalized spacial score (nSPS) is 14.3. The van der Waals surface area contributed by atoms with Crippen LogP contribution < -0.4 is 9.80 Å². The van der Waals surface area contributed by atoms with Crippen molar-refractivity contribution in [3.05, 3.63) is 190 Å². The summed E-state index contributed by atoms with van der Waals surface area (Å²) in [6, 6.07) is 51.5. The summed E-state index contributed by atoms with van der Waals surface area (Å²) in [6.45, 7) is 29.2. The van der Waals surface area contributed by atoms with Gasteiger partial charge in [-0.1, -0.05) is 156 Å². The Morgan fingerprint density at radius 3 is 0.782 bits per heavy atom. The maximum absolute atomic E-state index is 15.4. The summed E-state index contributed by atoms with van der Waals surface area (Å²) in [4.78, 5) is 38.7. The Morgan fingerprint density at radius 2 is 0.564 bits per heavy atom. The highest BCUT2D eigenvalue weighted by Gasteiger charge is 2.49. The van der Waals surface area contributed by atoms with Crippen LogP contribution in [0.15, 0.2) is 157 Å². The summed E-state index contributed by atoms with van der Waals surface area (Å²) >= 11 is 0. The SMILES string of the molecule is COCCOCCN1C(=O)C2=C(c3ccc(N(c4ccc(C(C)(C)C)cc4)c4ccc(C(C)(C)C)cc4)cc3)N(CCOCCOC)C(=O)C2=C1c1ccc(N(c2ccc(C(C)(C)C)cc2)c2ccc(C(C)(C)C)cc2)cc1. The minimum Gasteiger partial charge on any atom is -0.382 e. The summed E-state index contributed by atoms with van der Waals surface area (Å²) in [7, 11) is 3.27. The number of benzene rings is 6. The second-order valence-corrected chi connectivity index (χ2v) is 24.5. The number of carbonyl (C=O) groups excluding carboxylic acids is 2. The van der Waals surface area contributed by atoms with Crippen LogP contribution >= 0.6 is 0 Å². The molecule has 0 bridgehead atoms. The second-order valence-electron chi connectivity index (χ2n) is 24.5. The number of carbonyl (C=O) groups is 2. The zero-order valence-corrected chi connectivity index (χ0v) is 48.8. The third kappa shape index (κ3) is 12.7. The van der Waals surface area contributed by atoms with Crippen molar-refractivity contribution in [3.8, 4) is 0 Å². The molecule has 410 valence electrons. The summed E-state index contributed by atoms with van der Waals surface area (Å²) in [5, 5.41) is 0. The van der Waals surface area contributed by atoms with Gasteiger partial charge in [0.25, 0.3) is 11.8 Å². The quantitative estimate of drug-likeness (QED) is 0.0699. The Balaban J connectivity index is 1.24. The molecule has 0 fully saturated rings. The predicted octanol–water partition coefficient (Wildman–Crippen LogP) is 14.9. The van der Waals surface area contributed by atoms with Gasteiger partial charge in [0.15, 0.2) is 0 Å². The van der Waals surface area contributed by atoms with Crippen LogP contribution in [0.3, 0.4) is 0 Å². The van der Waals surface area contributed by atoms with E-state index in [2.05, 4.69) is 214 Å². The fraction of sp³-hybridized carbons (Fsp3) is 0.382. The number of amides is 2. The highest BCUT2D eigenvalue weighted by atomic mass is 16.5. The Kier molecular flexibility index (Phi) is 17.4. The molecule has 0 saturated heterocycles. The molecule has 10 nitrogen and oxygen atoms in total. The summed E-state index contributed by atoms with van der Waals surface area (Å²) in [6.07, 6.45) is 0. The van der Waals surface area contributed by atoms with Crippen LogP contribution in [0.4, 0.5) is 34.1 Å². The summed E-state index contributed by atoms with van der Waals surface area (Å²) in [5.41, 5.74) is 14.2. The lowest BCUT2D eigenvalue weighted by Gasteiger charge is -2.29. The van der Waals surface area contributed by atoms with Crippen LogP contribution in [0.25, 0.3) is 11.4 Å². The van der Waals surface area contributed by atoms with E-state index in [1.165, 1.54) is 22.3 Å². The molecule has 0 saturated carbocycles. The van der Waals surface area contributed by atoms with E-state index in [1.807, 2.05) is 24.3 Å². The van der Waals surface area contributed by atoms with Crippen molar-refractivity contribution >= 4 is 57.3 Å². The Hall–Kier alpha value is -6.82. The van der Waals surface area contributed by atoms with Crippen molar-refractivity contribution in [3.63, 3.8) is 0 Å². The Morgan fingerprint density at radius 1 is 0.333 bits per heavy atom. The second kappa shape index (κ2) is 23.6. The van der Waals surface area contributed by atoms with E-state index >= 15 is 9.59 Å². The van der Waals surface area contributed by atoms with Crippen molar-refractivity contribution in [2.45, 2.75) is 105 Å². The van der Waals surface area contributed by atoms with Crippen LogP contribution in [0.1, 0.15) is 116 Å². The molecular formula is C68H82N4O6. The number of methoxy groups -OCH3 is 2. The van der Waals surface area contributed by atoms with Crippen LogP contribution in [0.5, 0.6) is 0 Å². The van der Waals surface area contributed by atoms with Gasteiger partial charge in [-0.25, -0.2) is 0 Å². The van der Waals surface area contributed by atoms with Crippen molar-refractivity contribution in [1.82, 2.24) is 9.80 Å². The van der Waals surface area contributed by atoms with Gasteiger partial charge in [0.1, 0.15) is 0 Å². The molecule has 2 aliphatic heterocycles. The molecule has 0 spiro atoms. The van der Waals surface area contributed by atoms with E-state index < -0.39 is 0 Å². The lowest BCUT2D eigenvalue weighted by atomic mass is 9.86. The predicted molar refractivity (Wildman–Crippen MR) is 320 cm³/mol. The van der Waals surface area contributed by atoms with Crippen LogP contribution in [0.2, 0.25) is 0 Å². The lowest BCUT2D eigenvalue weighted by Crippen LogP contribution is -2.33. The van der Waals surface area contributed by atoms with Gasteiger partial charge in [0.05, 0.1) is 62.2 Å². The van der Waals surface area contributed by atoms with Gasteiger partial charge in [-0.15, -0.1) is 0 Å². The number of rotatable bonds is 20. The third-order valence-corrected chi connectivity index (χ3v) is 14.7. The highest BCUT2D eigenvalue weighted by molar-refractivity contribution is 6.30. The van der Waals surface area contributed by atoms with Crippen LogP contribution in [0, 0.1) is 0 Å². The van der Waals surface area contributed by atoms with Gasteiger partial charge in [0.2, 0.25) is 0 Å². The first-order chi connectivity index (χ1) is 37.0. The molecule has 0 unspecified atom stereocenters. The topological polar surface area (TPSA) is 84.0 Å². The van der Waals surface area contributed by atoms with E-state index in [9.17, 15) is 0 Å². The molecule has 10 heteroatoms. The van der Waals surface area contributed by atoms with Crippen molar-refractivity contribution in [1.29, 1.82) is 0 Å². The number of nitrogens with zero attached hydrogens (tertiary/aromatic N) is 4. The molecule has 0 N–H and O–H groups in total. The van der Waals surface area contributed by atoms with Crippen LogP contribution in [-0.4, -0.2) is 88.6 Å². The minimum atomic E-state index is -0.256. The number of ether oxygens (including phenoxy) is 4. The van der Waals surface area contributed by atoms with Gasteiger partial charge >= 0.3 is 0 Å². The molecule has 2 amide bonds. The molecule has 8 rings (SSSR count). The van der Waals surface area contributed by atoms with Gasteiger partial charge in [0, 0.05) is 61.4 Å². The smallest absolute Gasteiger partial charge is 0.261 e. The Bertz CT molecular complexity index is 2750. The van der Waals surface area contributed by atoms with Gasteiger partial charge < -0.3 is 38.5 Å². The minimum absolute atomic E-state index is 0.00543. The third-order valence-electron chi connectivity index (χ3n) is 14.7. The van der Waals surface area contributed by atoms with Crippen LogP contribution in [-0.2, 0) is 50.2 Å². The van der Waals surface area contributed by atoms with Crippen molar-refractivity contribution in [2.24, 2.45) is 0 Å². The van der Waals surface area contributed by atoms with Crippen molar-refractivity contribution < 1.29 is 28.5 Å². The largest absolute Gasteiger partial charge is 0.382 e. The standard InChI is InChI=1S/C68H82N4O6/c1-65(2,3)49-19-31-55(32-20-49)71(56-33-21-50(22-34-56)66(4,5)6)53-27-15-47(16-28-53)61-59-60(64(74)69(61)39-41-77-45-43-75-13)62(70(63(59)73)40-42-78-46-44-76-14)48-17-29-54(30-18-48)72(57-35-23-51(24-36-57)67(7,8)9)58-37-25-52(26-38-58)68(10,11)12/h15-38H,39-46H2,1-14H3. The van der Waals surface area contributed by atoms with Gasteiger partial charge in [-0.05, 0) is 128 Å². The maximum Gasteiger partial charge on any atom is 0.261 e. The van der Waals surface area contributed by atoms with E-state index in [-0.39, 0.29) is 59.8 Å². The van der Waals surface area contributed by atoms with Gasteiger partial charge in [-0.2, -0.15) is 0 Å².